The summed E-state index contributed by atoms with van der Waals surface area (Å²) in [6, 6.07) is 8.70. The van der Waals surface area contributed by atoms with Gasteiger partial charge in [-0.3, -0.25) is 14.9 Å². The molecule has 1 aliphatic rings. The Bertz CT molecular complexity index is 1140. The highest BCUT2D eigenvalue weighted by Gasteiger charge is 2.20. The fraction of sp³-hybridized carbons (Fsp3) is 0.227. The van der Waals surface area contributed by atoms with Gasteiger partial charge < -0.3 is 5.32 Å². The molecule has 2 N–H and O–H groups in total. The summed E-state index contributed by atoms with van der Waals surface area (Å²) >= 11 is 5.68. The number of hydrogen-bond acceptors (Lipinski definition) is 3. The van der Waals surface area contributed by atoms with Crippen molar-refractivity contribution in [2.45, 2.75) is 31.7 Å². The van der Waals surface area contributed by atoms with Crippen LogP contribution in [-0.2, 0) is 6.42 Å². The van der Waals surface area contributed by atoms with Crippen molar-refractivity contribution in [3.8, 4) is 11.3 Å². The molecular formula is C22H18ClF3N4O. The average Bonchev–Trinajstić information content (AvgIpc) is 3.14. The molecule has 0 atom stereocenters. The van der Waals surface area contributed by atoms with Gasteiger partial charge in [0.05, 0.1) is 16.8 Å². The quantitative estimate of drug-likeness (QED) is 0.424. The molecule has 4 rings (SSSR count). The Kier molecular flexibility index (Phi) is 6.08. The smallest absolute Gasteiger partial charge is 0.256 e. The summed E-state index contributed by atoms with van der Waals surface area (Å²) in [6.07, 6.45) is 3.12. The minimum absolute atomic E-state index is 0.0707. The Hall–Kier alpha value is -3.13. The number of hydrogen-bond donors (Lipinski definition) is 2. The Balaban J connectivity index is 1.53. The Morgan fingerprint density at radius 2 is 1.87 bits per heavy atom. The zero-order valence-corrected chi connectivity index (χ0v) is 17.0. The van der Waals surface area contributed by atoms with Crippen molar-refractivity contribution in [2.75, 3.05) is 0 Å². The van der Waals surface area contributed by atoms with Gasteiger partial charge in [0.2, 0.25) is 0 Å². The number of benzene rings is 2. The van der Waals surface area contributed by atoms with Crippen molar-refractivity contribution in [3.05, 3.63) is 76.2 Å². The van der Waals surface area contributed by atoms with Crippen molar-refractivity contribution >= 4 is 23.3 Å². The molecule has 0 spiro atoms. The molecule has 1 saturated carbocycles. The van der Waals surface area contributed by atoms with Crippen molar-refractivity contribution < 1.29 is 18.0 Å². The molecule has 0 aliphatic heterocycles. The average molecular weight is 447 g/mol. The number of carbonyl (C=O) groups excluding carboxylic acids is 1. The number of aliphatic imine (C=N–C) groups is 1. The summed E-state index contributed by atoms with van der Waals surface area (Å²) in [5.74, 6) is -2.21. The normalized spacial score (nSPS) is 14.4. The van der Waals surface area contributed by atoms with Crippen LogP contribution in [0.1, 0.15) is 35.3 Å². The maximum atomic E-state index is 13.7. The highest BCUT2D eigenvalue weighted by molar-refractivity contribution is 6.30. The molecule has 0 radical (unpaired) electrons. The van der Waals surface area contributed by atoms with Crippen LogP contribution in [0.25, 0.3) is 11.3 Å². The summed E-state index contributed by atoms with van der Waals surface area (Å²) in [5.41, 5.74) is 1.37. The second kappa shape index (κ2) is 8.93. The first-order chi connectivity index (χ1) is 14.9. The van der Waals surface area contributed by atoms with Crippen LogP contribution in [0.4, 0.5) is 13.2 Å². The maximum absolute atomic E-state index is 13.7. The van der Waals surface area contributed by atoms with E-state index in [1.807, 2.05) is 0 Å². The fourth-order valence-corrected chi connectivity index (χ4v) is 3.30. The number of aromatic amines is 1. The first-order valence-electron chi connectivity index (χ1n) is 9.71. The molecule has 31 heavy (non-hydrogen) atoms. The lowest BCUT2D eigenvalue weighted by Gasteiger charge is -2.22. The predicted octanol–water partition coefficient (Wildman–Crippen LogP) is 5.07. The first-order valence-corrected chi connectivity index (χ1v) is 10.1. The Morgan fingerprint density at radius 3 is 2.52 bits per heavy atom. The third kappa shape index (κ3) is 5.14. The number of rotatable bonds is 5. The monoisotopic (exact) mass is 446 g/mol. The van der Waals surface area contributed by atoms with Gasteiger partial charge in [-0.25, -0.2) is 13.2 Å². The third-order valence-corrected chi connectivity index (χ3v) is 5.31. The van der Waals surface area contributed by atoms with Gasteiger partial charge in [-0.05, 0) is 55.7 Å². The van der Waals surface area contributed by atoms with Crippen LogP contribution in [0.2, 0.25) is 5.02 Å². The lowest BCUT2D eigenvalue weighted by Crippen LogP contribution is -2.34. The molecule has 1 aromatic heterocycles. The molecule has 2 aromatic carbocycles. The van der Waals surface area contributed by atoms with Crippen LogP contribution in [0.5, 0.6) is 0 Å². The minimum atomic E-state index is -0.700. The van der Waals surface area contributed by atoms with Crippen LogP contribution >= 0.6 is 11.6 Å². The largest absolute Gasteiger partial charge is 0.310 e. The van der Waals surface area contributed by atoms with E-state index in [1.165, 1.54) is 24.3 Å². The molecule has 3 aromatic rings. The lowest BCUT2D eigenvalue weighted by molar-refractivity contribution is 0.0975. The second-order valence-electron chi connectivity index (χ2n) is 7.36. The highest BCUT2D eigenvalue weighted by atomic mass is 35.5. The van der Waals surface area contributed by atoms with Gasteiger partial charge in [0.1, 0.15) is 23.3 Å². The summed E-state index contributed by atoms with van der Waals surface area (Å²) in [6.45, 7) is 0. The third-order valence-electron chi connectivity index (χ3n) is 5.00. The first kappa shape index (κ1) is 21.1. The van der Waals surface area contributed by atoms with Crippen LogP contribution in [-0.4, -0.2) is 28.0 Å². The van der Waals surface area contributed by atoms with Gasteiger partial charge in [-0.15, -0.1) is 0 Å². The molecule has 1 heterocycles. The number of H-pyrrole nitrogens is 1. The molecule has 1 amide bonds. The lowest BCUT2D eigenvalue weighted by atomic mass is 9.94. The van der Waals surface area contributed by atoms with Crippen LogP contribution in [0.3, 0.4) is 0 Å². The van der Waals surface area contributed by atoms with Crippen molar-refractivity contribution in [3.63, 3.8) is 0 Å². The van der Waals surface area contributed by atoms with Gasteiger partial charge >= 0.3 is 0 Å². The van der Waals surface area contributed by atoms with E-state index in [-0.39, 0.29) is 28.6 Å². The predicted molar refractivity (Wildman–Crippen MR) is 112 cm³/mol. The SMILES string of the molecule is O=C(NC(Cc1cc(-c2cc(F)cc(F)c2)n[nH]1)=NC1CCC1)c1ccc(Cl)c(F)c1. The molecule has 0 unspecified atom stereocenters. The van der Waals surface area contributed by atoms with E-state index in [1.54, 1.807) is 6.07 Å². The summed E-state index contributed by atoms with van der Waals surface area (Å²) in [7, 11) is 0. The van der Waals surface area contributed by atoms with Gasteiger partial charge in [0, 0.05) is 29.3 Å². The van der Waals surface area contributed by atoms with Gasteiger partial charge in [-0.1, -0.05) is 11.6 Å². The topological polar surface area (TPSA) is 70.1 Å². The summed E-state index contributed by atoms with van der Waals surface area (Å²) in [5, 5.41) is 9.57. The van der Waals surface area contributed by atoms with Crippen molar-refractivity contribution in [2.24, 2.45) is 4.99 Å². The molecule has 0 saturated heterocycles. The number of aromatic nitrogens is 2. The number of nitrogens with one attached hydrogen (secondary N) is 2. The maximum Gasteiger partial charge on any atom is 0.256 e. The molecule has 9 heteroatoms. The van der Waals surface area contributed by atoms with Crippen molar-refractivity contribution in [1.29, 1.82) is 0 Å². The molecular weight excluding hydrogens is 429 g/mol. The highest BCUT2D eigenvalue weighted by Crippen LogP contribution is 2.23. The number of amides is 1. The number of amidine groups is 1. The summed E-state index contributed by atoms with van der Waals surface area (Å²) in [4.78, 5) is 17.2. The fourth-order valence-electron chi connectivity index (χ4n) is 3.18. The molecule has 1 fully saturated rings. The Labute approximate surface area is 181 Å². The van der Waals surface area contributed by atoms with Crippen LogP contribution in [0.15, 0.2) is 47.5 Å². The van der Waals surface area contributed by atoms with Gasteiger partial charge in [-0.2, -0.15) is 5.10 Å². The van der Waals surface area contributed by atoms with E-state index in [4.69, 9.17) is 11.6 Å². The van der Waals surface area contributed by atoms with E-state index in [0.717, 1.165) is 31.4 Å². The zero-order valence-electron chi connectivity index (χ0n) is 16.3. The van der Waals surface area contributed by atoms with E-state index in [2.05, 4.69) is 20.5 Å². The molecule has 1 aliphatic carbocycles. The summed E-state index contributed by atoms with van der Waals surface area (Å²) < 4.78 is 40.7. The van der Waals surface area contributed by atoms with Crippen LogP contribution < -0.4 is 5.32 Å². The van der Waals surface area contributed by atoms with E-state index in [0.29, 0.717) is 17.2 Å². The zero-order chi connectivity index (χ0) is 22.0. The number of nitrogens with zero attached hydrogens (tertiary/aromatic N) is 2. The van der Waals surface area contributed by atoms with E-state index < -0.39 is 23.4 Å². The number of carbonyl (C=O) groups is 1. The molecule has 0 bridgehead atoms. The van der Waals surface area contributed by atoms with Gasteiger partial charge in [0.25, 0.3) is 5.91 Å². The van der Waals surface area contributed by atoms with E-state index >= 15 is 0 Å². The van der Waals surface area contributed by atoms with Crippen LogP contribution in [0, 0.1) is 17.5 Å². The second-order valence-corrected chi connectivity index (χ2v) is 7.76. The molecule has 5 nitrogen and oxygen atoms in total. The van der Waals surface area contributed by atoms with E-state index in [9.17, 15) is 18.0 Å². The minimum Gasteiger partial charge on any atom is -0.310 e. The molecule has 160 valence electrons. The number of halogens is 4. The van der Waals surface area contributed by atoms with Crippen molar-refractivity contribution in [1.82, 2.24) is 15.5 Å². The van der Waals surface area contributed by atoms with Gasteiger partial charge in [0.15, 0.2) is 0 Å². The standard InChI is InChI=1S/C22H18ClF3N4O/c23-18-5-4-12(8-19(18)26)22(31)28-21(27-16-2-1-3-16)11-17-10-20(30-29-17)13-6-14(24)9-15(25)7-13/h4-10,16H,1-3,11H2,(H,29,30)(H,27,28,31). The Morgan fingerprint density at radius 1 is 1.13 bits per heavy atom.